The van der Waals surface area contributed by atoms with E-state index in [0.717, 1.165) is 38.8 Å². The lowest BCUT2D eigenvalue weighted by atomic mass is 9.86. The van der Waals surface area contributed by atoms with Gasteiger partial charge in [-0.25, -0.2) is 0 Å². The Kier molecular flexibility index (Phi) is 5.76. The molecule has 0 amide bonds. The van der Waals surface area contributed by atoms with Gasteiger partial charge in [-0.05, 0) is 74.1 Å². The minimum Gasteiger partial charge on any atom is -0.389 e. The topological polar surface area (TPSA) is 35.9 Å². The van der Waals surface area contributed by atoms with Crippen LogP contribution in [0, 0.1) is 0 Å². The first-order valence-electron chi connectivity index (χ1n) is 9.71. The molecule has 3 unspecified atom stereocenters. The van der Waals surface area contributed by atoms with Crippen LogP contribution in [0.1, 0.15) is 74.1 Å². The van der Waals surface area contributed by atoms with Gasteiger partial charge in [0, 0.05) is 43.4 Å². The summed E-state index contributed by atoms with van der Waals surface area (Å²) in [6.45, 7) is 18.0. The van der Waals surface area contributed by atoms with Crippen LogP contribution < -0.4 is 0 Å². The summed E-state index contributed by atoms with van der Waals surface area (Å²) in [5.41, 5.74) is -0.266. The van der Waals surface area contributed by atoms with Crippen molar-refractivity contribution < 1.29 is 9.84 Å². The van der Waals surface area contributed by atoms with Gasteiger partial charge in [-0.3, -0.25) is 9.80 Å². The maximum atomic E-state index is 10.5. The molecule has 4 atom stereocenters. The molecule has 2 heterocycles. The van der Waals surface area contributed by atoms with Gasteiger partial charge in [0.1, 0.15) is 0 Å². The highest BCUT2D eigenvalue weighted by Gasteiger charge is 2.46. The van der Waals surface area contributed by atoms with Crippen LogP contribution in [0.3, 0.4) is 0 Å². The number of ether oxygens (including phenoxy) is 1. The number of likely N-dealkylation sites (tertiary alicyclic amines) is 2. The van der Waals surface area contributed by atoms with Crippen molar-refractivity contribution in [2.75, 3.05) is 20.2 Å². The lowest BCUT2D eigenvalue weighted by molar-refractivity contribution is -0.00909. The maximum absolute atomic E-state index is 10.5. The summed E-state index contributed by atoms with van der Waals surface area (Å²) in [7, 11) is 1.83. The molecular weight excluding hydrogens is 300 g/mol. The number of methoxy groups -OCH3 is 1. The quantitative estimate of drug-likeness (QED) is 0.805. The Morgan fingerprint density at radius 3 is 2.00 bits per heavy atom. The molecular formula is C20H40N2O2. The zero-order chi connectivity index (χ0) is 18.3. The molecule has 2 rings (SSSR count). The van der Waals surface area contributed by atoms with Crippen molar-refractivity contribution in [1.82, 2.24) is 9.80 Å². The number of hydrogen-bond acceptors (Lipinski definition) is 4. The largest absolute Gasteiger partial charge is 0.389 e. The fourth-order valence-corrected chi connectivity index (χ4v) is 4.89. The first-order chi connectivity index (χ1) is 10.9. The Labute approximate surface area is 149 Å². The Hall–Kier alpha value is -0.160. The van der Waals surface area contributed by atoms with Crippen molar-refractivity contribution in [3.05, 3.63) is 0 Å². The van der Waals surface area contributed by atoms with Crippen LogP contribution in [0.5, 0.6) is 0 Å². The second-order valence-electron chi connectivity index (χ2n) is 9.60. The first kappa shape index (κ1) is 20.2. The summed E-state index contributed by atoms with van der Waals surface area (Å²) in [6.07, 6.45) is 4.68. The lowest BCUT2D eigenvalue weighted by Gasteiger charge is -2.45. The van der Waals surface area contributed by atoms with Gasteiger partial charge in [-0.15, -0.1) is 0 Å². The first-order valence-corrected chi connectivity index (χ1v) is 9.71. The fraction of sp³-hybridized carbons (Fsp3) is 1.00. The van der Waals surface area contributed by atoms with Gasteiger partial charge in [0.15, 0.2) is 0 Å². The van der Waals surface area contributed by atoms with Gasteiger partial charge in [-0.2, -0.15) is 0 Å². The zero-order valence-electron chi connectivity index (χ0n) is 17.2. The van der Waals surface area contributed by atoms with E-state index < -0.39 is 5.60 Å². The monoisotopic (exact) mass is 340 g/mol. The highest BCUT2D eigenvalue weighted by Crippen LogP contribution is 2.38. The molecule has 1 N–H and O–H groups in total. The predicted octanol–water partition coefficient (Wildman–Crippen LogP) is 3.28. The Morgan fingerprint density at radius 1 is 1.04 bits per heavy atom. The molecule has 142 valence electrons. The highest BCUT2D eigenvalue weighted by molar-refractivity contribution is 5.01. The summed E-state index contributed by atoms with van der Waals surface area (Å²) in [5.74, 6) is 0. The van der Waals surface area contributed by atoms with Gasteiger partial charge in [-0.1, -0.05) is 0 Å². The lowest BCUT2D eigenvalue weighted by Crippen LogP contribution is -2.53. The van der Waals surface area contributed by atoms with Crippen LogP contribution in [0.25, 0.3) is 0 Å². The van der Waals surface area contributed by atoms with E-state index in [4.69, 9.17) is 4.74 Å². The van der Waals surface area contributed by atoms with Crippen LogP contribution in [-0.4, -0.2) is 70.0 Å². The molecule has 0 bridgehead atoms. The third kappa shape index (κ3) is 3.82. The minimum absolute atomic E-state index is 0.112. The van der Waals surface area contributed by atoms with E-state index in [9.17, 15) is 5.11 Å². The van der Waals surface area contributed by atoms with Gasteiger partial charge in [0.25, 0.3) is 0 Å². The summed E-state index contributed by atoms with van der Waals surface area (Å²) < 4.78 is 5.63. The number of nitrogens with zero attached hydrogens (tertiary/aromatic N) is 2. The van der Waals surface area contributed by atoms with E-state index in [1.807, 2.05) is 14.0 Å². The minimum atomic E-state index is -0.554. The molecule has 0 saturated carbocycles. The van der Waals surface area contributed by atoms with E-state index in [2.05, 4.69) is 51.3 Å². The molecule has 0 aromatic carbocycles. The number of hydrogen-bond donors (Lipinski definition) is 1. The van der Waals surface area contributed by atoms with Crippen molar-refractivity contribution in [2.45, 2.75) is 109 Å². The van der Waals surface area contributed by atoms with Crippen LogP contribution in [-0.2, 0) is 4.74 Å². The van der Waals surface area contributed by atoms with E-state index in [-0.39, 0.29) is 17.1 Å². The summed E-state index contributed by atoms with van der Waals surface area (Å²) >= 11 is 0. The predicted molar refractivity (Wildman–Crippen MR) is 100 cm³/mol. The average Bonchev–Trinajstić information content (AvgIpc) is 2.98. The normalized spacial score (nSPS) is 36.6. The fourth-order valence-electron chi connectivity index (χ4n) is 4.89. The summed E-state index contributed by atoms with van der Waals surface area (Å²) in [5, 5.41) is 10.5. The molecule has 2 saturated heterocycles. The van der Waals surface area contributed by atoms with Crippen LogP contribution >= 0.6 is 0 Å². The van der Waals surface area contributed by atoms with E-state index in [0.29, 0.717) is 12.1 Å². The molecule has 0 aliphatic carbocycles. The van der Waals surface area contributed by atoms with E-state index >= 15 is 0 Å². The molecule has 0 radical (unpaired) electrons. The summed E-state index contributed by atoms with van der Waals surface area (Å²) in [6, 6.07) is 0.707. The van der Waals surface area contributed by atoms with E-state index in [1.165, 1.54) is 0 Å². The SMILES string of the molecule is COC1CCN(C(C)(C)CCC(C)(C)N2CCC(C)(O)C2C)[C@@H]1C. The molecule has 0 aromatic heterocycles. The second-order valence-corrected chi connectivity index (χ2v) is 9.60. The van der Waals surface area contributed by atoms with Crippen molar-refractivity contribution in [3.8, 4) is 0 Å². The molecule has 2 fully saturated rings. The Morgan fingerprint density at radius 2 is 1.58 bits per heavy atom. The standard InChI is InChI=1S/C20H40N2O2/c1-15-17(24-8)9-13-21(15)18(3,4)10-11-19(5,6)22-14-12-20(7,23)16(22)2/h15-17,23H,9-14H2,1-8H3/t15-,16?,17?,20?/m1/s1. The Balaban J connectivity index is 1.98. The molecule has 2 aliphatic rings. The van der Waals surface area contributed by atoms with E-state index in [1.54, 1.807) is 0 Å². The van der Waals surface area contributed by atoms with Gasteiger partial charge < -0.3 is 9.84 Å². The van der Waals surface area contributed by atoms with Crippen LogP contribution in [0.2, 0.25) is 0 Å². The van der Waals surface area contributed by atoms with Gasteiger partial charge in [0.2, 0.25) is 0 Å². The van der Waals surface area contributed by atoms with Gasteiger partial charge in [0.05, 0.1) is 11.7 Å². The van der Waals surface area contributed by atoms with Crippen LogP contribution in [0.15, 0.2) is 0 Å². The second kappa shape index (κ2) is 6.86. The molecule has 2 aliphatic heterocycles. The maximum Gasteiger partial charge on any atom is 0.0783 e. The molecule has 4 heteroatoms. The van der Waals surface area contributed by atoms with Gasteiger partial charge >= 0.3 is 0 Å². The highest BCUT2D eigenvalue weighted by atomic mass is 16.5. The van der Waals surface area contributed by atoms with Crippen molar-refractivity contribution in [1.29, 1.82) is 0 Å². The molecule has 0 spiro atoms. The summed E-state index contributed by atoms with van der Waals surface area (Å²) in [4.78, 5) is 5.13. The Bertz CT molecular complexity index is 433. The number of aliphatic hydroxyl groups is 1. The number of rotatable bonds is 6. The molecule has 0 aromatic rings. The van der Waals surface area contributed by atoms with Crippen molar-refractivity contribution in [3.63, 3.8) is 0 Å². The molecule has 24 heavy (non-hydrogen) atoms. The average molecular weight is 341 g/mol. The zero-order valence-corrected chi connectivity index (χ0v) is 17.2. The smallest absolute Gasteiger partial charge is 0.0783 e. The molecule has 4 nitrogen and oxygen atoms in total. The van der Waals surface area contributed by atoms with Crippen LogP contribution in [0.4, 0.5) is 0 Å². The van der Waals surface area contributed by atoms with Crippen molar-refractivity contribution >= 4 is 0 Å². The third-order valence-electron chi connectivity index (χ3n) is 7.12. The van der Waals surface area contributed by atoms with Crippen molar-refractivity contribution in [2.24, 2.45) is 0 Å². The third-order valence-corrected chi connectivity index (χ3v) is 7.12.